The van der Waals surface area contributed by atoms with Gasteiger partial charge in [-0.1, -0.05) is 54.6 Å². The second-order valence-electron chi connectivity index (χ2n) is 5.68. The van der Waals surface area contributed by atoms with Gasteiger partial charge in [-0.25, -0.2) is 0 Å². The van der Waals surface area contributed by atoms with Crippen molar-refractivity contribution in [3.8, 4) is 0 Å². The highest BCUT2D eigenvalue weighted by molar-refractivity contribution is 5.82. The van der Waals surface area contributed by atoms with Gasteiger partial charge in [0.1, 0.15) is 0 Å². The van der Waals surface area contributed by atoms with Crippen LogP contribution in [0.3, 0.4) is 0 Å². The number of amides is 1. The Morgan fingerprint density at radius 3 is 2.24 bits per heavy atom. The highest BCUT2D eigenvalue weighted by Gasteiger charge is 2.24. The topological polar surface area (TPSA) is 55.1 Å². The van der Waals surface area contributed by atoms with Gasteiger partial charge in [-0.15, -0.1) is 0 Å². The molecule has 3 rings (SSSR count). The maximum atomic E-state index is 12.2. The predicted octanol–water partition coefficient (Wildman–Crippen LogP) is 1.84. The number of carbonyl (C=O) groups is 1. The Labute approximate surface area is 125 Å². The van der Waals surface area contributed by atoms with Crippen LogP contribution in [0, 0.1) is 0 Å². The van der Waals surface area contributed by atoms with Crippen molar-refractivity contribution in [2.45, 2.75) is 31.3 Å². The van der Waals surface area contributed by atoms with Crippen LogP contribution in [0.15, 0.2) is 54.6 Å². The summed E-state index contributed by atoms with van der Waals surface area (Å²) in [7, 11) is 0. The lowest BCUT2D eigenvalue weighted by atomic mass is 10.1. The highest BCUT2D eigenvalue weighted by atomic mass is 16.2. The quantitative estimate of drug-likeness (QED) is 0.898. The second-order valence-corrected chi connectivity index (χ2v) is 5.68. The molecule has 0 fully saturated rings. The average Bonchev–Trinajstić information content (AvgIpc) is 2.90. The summed E-state index contributed by atoms with van der Waals surface area (Å²) in [5.74, 6) is -0.0586. The van der Waals surface area contributed by atoms with Crippen LogP contribution in [0.5, 0.6) is 0 Å². The van der Waals surface area contributed by atoms with Gasteiger partial charge >= 0.3 is 0 Å². The molecular weight excluding hydrogens is 260 g/mol. The van der Waals surface area contributed by atoms with E-state index in [1.165, 1.54) is 11.1 Å². The summed E-state index contributed by atoms with van der Waals surface area (Å²) in [6, 6.07) is 17.9. The highest BCUT2D eigenvalue weighted by Crippen LogP contribution is 2.21. The molecule has 21 heavy (non-hydrogen) atoms. The van der Waals surface area contributed by atoms with E-state index in [-0.39, 0.29) is 11.9 Å². The number of rotatable bonds is 4. The molecule has 1 amide bonds. The predicted molar refractivity (Wildman–Crippen MR) is 83.9 cm³/mol. The summed E-state index contributed by atoms with van der Waals surface area (Å²) < 4.78 is 0. The van der Waals surface area contributed by atoms with Crippen LogP contribution in [-0.4, -0.2) is 18.0 Å². The van der Waals surface area contributed by atoms with Crippen LogP contribution in [0.4, 0.5) is 0 Å². The van der Waals surface area contributed by atoms with Crippen molar-refractivity contribution in [3.05, 3.63) is 71.3 Å². The summed E-state index contributed by atoms with van der Waals surface area (Å²) in [5.41, 5.74) is 9.78. The first-order chi connectivity index (χ1) is 10.2. The first-order valence-corrected chi connectivity index (χ1v) is 7.39. The van der Waals surface area contributed by atoms with Gasteiger partial charge < -0.3 is 11.1 Å². The molecular formula is C18H20N2O. The van der Waals surface area contributed by atoms with Crippen molar-refractivity contribution in [3.63, 3.8) is 0 Å². The minimum Gasteiger partial charge on any atom is -0.351 e. The number of nitrogens with two attached hydrogens (primary N) is 1. The average molecular weight is 280 g/mol. The first-order valence-electron chi connectivity index (χ1n) is 7.39. The summed E-state index contributed by atoms with van der Waals surface area (Å²) in [6.45, 7) is 0. The third-order valence-corrected chi connectivity index (χ3v) is 4.03. The molecule has 0 saturated heterocycles. The molecule has 0 radical (unpaired) electrons. The fourth-order valence-electron chi connectivity index (χ4n) is 2.93. The number of benzene rings is 2. The van der Waals surface area contributed by atoms with Gasteiger partial charge in [-0.05, 0) is 36.0 Å². The van der Waals surface area contributed by atoms with Crippen molar-refractivity contribution in [2.75, 3.05) is 0 Å². The van der Waals surface area contributed by atoms with Crippen molar-refractivity contribution in [2.24, 2.45) is 5.73 Å². The van der Waals surface area contributed by atoms with Gasteiger partial charge in [0.15, 0.2) is 0 Å². The summed E-state index contributed by atoms with van der Waals surface area (Å²) in [4.78, 5) is 12.2. The fraction of sp³-hybridized carbons (Fsp3) is 0.278. The molecule has 0 bridgehead atoms. The molecule has 3 heteroatoms. The lowest BCUT2D eigenvalue weighted by Crippen LogP contribution is -2.46. The molecule has 0 spiro atoms. The third kappa shape index (κ3) is 3.31. The van der Waals surface area contributed by atoms with E-state index in [4.69, 9.17) is 5.73 Å². The minimum atomic E-state index is -0.490. The number of nitrogens with one attached hydrogen (secondary N) is 1. The maximum absolute atomic E-state index is 12.2. The number of hydrogen-bond donors (Lipinski definition) is 2. The smallest absolute Gasteiger partial charge is 0.237 e. The minimum absolute atomic E-state index is 0.0586. The molecule has 1 unspecified atom stereocenters. The second kappa shape index (κ2) is 6.10. The molecule has 3 N–H and O–H groups in total. The molecule has 1 aliphatic rings. The van der Waals surface area contributed by atoms with Crippen LogP contribution >= 0.6 is 0 Å². The molecule has 3 nitrogen and oxygen atoms in total. The van der Waals surface area contributed by atoms with Gasteiger partial charge in [0.25, 0.3) is 0 Å². The molecule has 108 valence electrons. The Bertz CT molecular complexity index is 599. The molecule has 0 aromatic heterocycles. The van der Waals surface area contributed by atoms with E-state index in [0.717, 1.165) is 18.4 Å². The monoisotopic (exact) mass is 280 g/mol. The molecule has 1 aliphatic carbocycles. The largest absolute Gasteiger partial charge is 0.351 e. The Kier molecular flexibility index (Phi) is 4.02. The summed E-state index contributed by atoms with van der Waals surface area (Å²) >= 11 is 0. The third-order valence-electron chi connectivity index (χ3n) is 4.03. The van der Waals surface area contributed by atoms with Gasteiger partial charge in [0, 0.05) is 6.04 Å². The Balaban J connectivity index is 1.55. The van der Waals surface area contributed by atoms with Crippen molar-refractivity contribution in [1.29, 1.82) is 0 Å². The normalized spacial score (nSPS) is 15.5. The zero-order valence-electron chi connectivity index (χ0n) is 12.0. The van der Waals surface area contributed by atoms with E-state index < -0.39 is 6.04 Å². The van der Waals surface area contributed by atoms with Gasteiger partial charge in [-0.2, -0.15) is 0 Å². The van der Waals surface area contributed by atoms with E-state index in [9.17, 15) is 4.79 Å². The van der Waals surface area contributed by atoms with E-state index in [2.05, 4.69) is 17.4 Å². The van der Waals surface area contributed by atoms with Crippen molar-refractivity contribution < 1.29 is 4.79 Å². The zero-order chi connectivity index (χ0) is 14.7. The van der Waals surface area contributed by atoms with Crippen LogP contribution in [0.2, 0.25) is 0 Å². The molecule has 0 saturated carbocycles. The van der Waals surface area contributed by atoms with E-state index in [1.807, 2.05) is 42.5 Å². The molecule has 0 aliphatic heterocycles. The Morgan fingerprint density at radius 2 is 1.62 bits per heavy atom. The maximum Gasteiger partial charge on any atom is 0.237 e. The van der Waals surface area contributed by atoms with Crippen LogP contribution < -0.4 is 11.1 Å². The Morgan fingerprint density at radius 1 is 1.05 bits per heavy atom. The van der Waals surface area contributed by atoms with E-state index in [1.54, 1.807) is 0 Å². The lowest BCUT2D eigenvalue weighted by Gasteiger charge is -2.16. The molecule has 2 aromatic carbocycles. The van der Waals surface area contributed by atoms with Crippen LogP contribution in [-0.2, 0) is 24.1 Å². The van der Waals surface area contributed by atoms with Gasteiger partial charge in [-0.3, -0.25) is 4.79 Å². The van der Waals surface area contributed by atoms with Gasteiger partial charge in [0.05, 0.1) is 6.04 Å². The van der Waals surface area contributed by atoms with E-state index >= 15 is 0 Å². The fourth-order valence-corrected chi connectivity index (χ4v) is 2.93. The van der Waals surface area contributed by atoms with Crippen molar-refractivity contribution in [1.82, 2.24) is 5.32 Å². The van der Waals surface area contributed by atoms with Crippen LogP contribution in [0.25, 0.3) is 0 Å². The summed E-state index contributed by atoms with van der Waals surface area (Å²) in [6.07, 6.45) is 2.38. The summed E-state index contributed by atoms with van der Waals surface area (Å²) in [5, 5.41) is 3.08. The zero-order valence-corrected chi connectivity index (χ0v) is 12.0. The van der Waals surface area contributed by atoms with E-state index in [0.29, 0.717) is 6.42 Å². The first kappa shape index (κ1) is 13.8. The molecule has 2 aromatic rings. The van der Waals surface area contributed by atoms with Gasteiger partial charge in [0.2, 0.25) is 5.91 Å². The number of hydrogen-bond acceptors (Lipinski definition) is 2. The SMILES string of the molecule is NC(Cc1ccccc1)C(=O)NC1Cc2ccccc2C1. The number of fused-ring (bicyclic) bond motifs is 1. The standard InChI is InChI=1S/C18H20N2O/c19-17(10-13-6-2-1-3-7-13)18(21)20-16-11-14-8-4-5-9-15(14)12-16/h1-9,16-17H,10-12,19H2,(H,20,21). The Hall–Kier alpha value is -2.13. The lowest BCUT2D eigenvalue weighted by molar-refractivity contribution is -0.123. The van der Waals surface area contributed by atoms with Crippen LogP contribution in [0.1, 0.15) is 16.7 Å². The molecule has 1 atom stereocenters. The number of carbonyl (C=O) groups excluding carboxylic acids is 1. The van der Waals surface area contributed by atoms with Crippen molar-refractivity contribution >= 4 is 5.91 Å². The molecule has 0 heterocycles.